The average molecular weight is 173 g/mol. The maximum absolute atomic E-state index is 10.9. The summed E-state index contributed by atoms with van der Waals surface area (Å²) in [4.78, 5) is 16.2. The van der Waals surface area contributed by atoms with E-state index in [1.54, 1.807) is 0 Å². The van der Waals surface area contributed by atoms with Crippen LogP contribution in [-0.2, 0) is 9.63 Å². The molecular formula is C7H11NO2S. The Labute approximate surface area is 69.8 Å². The smallest absolute Gasteiger partial charge is 0.246 e. The number of thioether (sulfide) groups is 1. The molecule has 2 saturated heterocycles. The molecule has 0 aromatic rings. The summed E-state index contributed by atoms with van der Waals surface area (Å²) in [7, 11) is 0. The molecular weight excluding hydrogens is 162 g/mol. The first-order valence-electron chi connectivity index (χ1n) is 3.85. The number of hydrogen-bond acceptors (Lipinski definition) is 3. The summed E-state index contributed by atoms with van der Waals surface area (Å²) >= 11 is 1.94. The SMILES string of the molecule is O=C1CC2(CCSCC2)ON1. The summed E-state index contributed by atoms with van der Waals surface area (Å²) in [5.74, 6) is 2.28. The highest BCUT2D eigenvalue weighted by atomic mass is 32.2. The van der Waals surface area contributed by atoms with Crippen LogP contribution < -0.4 is 5.48 Å². The summed E-state index contributed by atoms with van der Waals surface area (Å²) in [6.07, 6.45) is 2.58. The molecule has 1 amide bonds. The molecule has 2 rings (SSSR count). The average Bonchev–Trinajstić information content (AvgIpc) is 2.34. The Morgan fingerprint density at radius 3 is 2.73 bits per heavy atom. The zero-order valence-electron chi connectivity index (χ0n) is 6.26. The fraction of sp³-hybridized carbons (Fsp3) is 0.857. The lowest BCUT2D eigenvalue weighted by Gasteiger charge is -2.29. The van der Waals surface area contributed by atoms with Gasteiger partial charge in [-0.3, -0.25) is 9.63 Å². The van der Waals surface area contributed by atoms with Crippen LogP contribution in [0.5, 0.6) is 0 Å². The van der Waals surface area contributed by atoms with Gasteiger partial charge >= 0.3 is 0 Å². The van der Waals surface area contributed by atoms with Gasteiger partial charge in [0.1, 0.15) is 5.60 Å². The van der Waals surface area contributed by atoms with Gasteiger partial charge < -0.3 is 0 Å². The van der Waals surface area contributed by atoms with Crippen LogP contribution in [0.4, 0.5) is 0 Å². The third kappa shape index (κ3) is 1.37. The number of carbonyl (C=O) groups excluding carboxylic acids is 1. The van der Waals surface area contributed by atoms with E-state index >= 15 is 0 Å². The van der Waals surface area contributed by atoms with Crippen LogP contribution in [0.25, 0.3) is 0 Å². The summed E-state index contributed by atoms with van der Waals surface area (Å²) < 4.78 is 0. The summed E-state index contributed by atoms with van der Waals surface area (Å²) in [5, 5.41) is 0. The molecule has 2 heterocycles. The molecule has 2 fully saturated rings. The predicted octanol–water partition coefficient (Wildman–Crippen LogP) is 0.704. The monoisotopic (exact) mass is 173 g/mol. The summed E-state index contributed by atoms with van der Waals surface area (Å²) in [5.41, 5.74) is 2.30. The molecule has 0 atom stereocenters. The number of hydroxylamine groups is 1. The summed E-state index contributed by atoms with van der Waals surface area (Å²) in [6.45, 7) is 0. The molecule has 0 bridgehead atoms. The van der Waals surface area contributed by atoms with Crippen molar-refractivity contribution in [2.75, 3.05) is 11.5 Å². The number of amides is 1. The molecule has 0 unspecified atom stereocenters. The van der Waals surface area contributed by atoms with Crippen LogP contribution in [0.3, 0.4) is 0 Å². The topological polar surface area (TPSA) is 38.3 Å². The molecule has 2 aliphatic heterocycles. The minimum atomic E-state index is -0.137. The Morgan fingerprint density at radius 2 is 2.18 bits per heavy atom. The molecule has 0 radical (unpaired) electrons. The first kappa shape index (κ1) is 7.43. The van der Waals surface area contributed by atoms with Gasteiger partial charge in [0.25, 0.3) is 0 Å². The fourth-order valence-corrected chi connectivity index (χ4v) is 2.79. The second-order valence-corrected chi connectivity index (χ2v) is 4.32. The Morgan fingerprint density at radius 1 is 1.45 bits per heavy atom. The van der Waals surface area contributed by atoms with Crippen molar-refractivity contribution in [2.24, 2.45) is 0 Å². The zero-order valence-corrected chi connectivity index (χ0v) is 7.08. The minimum Gasteiger partial charge on any atom is -0.273 e. The van der Waals surface area contributed by atoms with Gasteiger partial charge in [0.05, 0.1) is 6.42 Å². The van der Waals surface area contributed by atoms with E-state index in [9.17, 15) is 4.79 Å². The highest BCUT2D eigenvalue weighted by Gasteiger charge is 2.41. The molecule has 62 valence electrons. The standard InChI is InChI=1S/C7H11NO2S/c9-6-5-7(10-8-6)1-3-11-4-2-7/h1-5H2,(H,8,9). The molecule has 1 N–H and O–H groups in total. The molecule has 2 aliphatic rings. The van der Waals surface area contributed by atoms with E-state index in [0.29, 0.717) is 6.42 Å². The van der Waals surface area contributed by atoms with E-state index in [-0.39, 0.29) is 11.5 Å². The first-order chi connectivity index (χ1) is 5.31. The van der Waals surface area contributed by atoms with Crippen LogP contribution in [0.1, 0.15) is 19.3 Å². The van der Waals surface area contributed by atoms with Crippen molar-refractivity contribution in [3.05, 3.63) is 0 Å². The van der Waals surface area contributed by atoms with E-state index in [1.807, 2.05) is 11.8 Å². The van der Waals surface area contributed by atoms with Crippen molar-refractivity contribution in [3.63, 3.8) is 0 Å². The van der Waals surface area contributed by atoms with Crippen LogP contribution >= 0.6 is 11.8 Å². The first-order valence-corrected chi connectivity index (χ1v) is 5.01. The van der Waals surface area contributed by atoms with Crippen molar-refractivity contribution < 1.29 is 9.63 Å². The van der Waals surface area contributed by atoms with E-state index < -0.39 is 0 Å². The van der Waals surface area contributed by atoms with Gasteiger partial charge in [0.15, 0.2) is 0 Å². The third-order valence-electron chi connectivity index (χ3n) is 2.27. The molecule has 0 saturated carbocycles. The van der Waals surface area contributed by atoms with Gasteiger partial charge in [-0.2, -0.15) is 11.8 Å². The van der Waals surface area contributed by atoms with Crippen molar-refractivity contribution in [2.45, 2.75) is 24.9 Å². The number of hydrogen-bond donors (Lipinski definition) is 1. The predicted molar refractivity (Wildman–Crippen MR) is 43.1 cm³/mol. The summed E-state index contributed by atoms with van der Waals surface area (Å²) in [6, 6.07) is 0. The Bertz CT molecular complexity index is 177. The lowest BCUT2D eigenvalue weighted by molar-refractivity contribution is -0.126. The van der Waals surface area contributed by atoms with E-state index in [4.69, 9.17) is 4.84 Å². The van der Waals surface area contributed by atoms with Crippen LogP contribution in [0, 0.1) is 0 Å². The van der Waals surface area contributed by atoms with E-state index in [1.165, 1.54) is 0 Å². The molecule has 0 aliphatic carbocycles. The largest absolute Gasteiger partial charge is 0.273 e. The number of rotatable bonds is 0. The second kappa shape index (κ2) is 2.68. The van der Waals surface area contributed by atoms with Gasteiger partial charge in [-0.25, -0.2) is 5.48 Å². The normalized spacial score (nSPS) is 28.9. The highest BCUT2D eigenvalue weighted by molar-refractivity contribution is 7.99. The van der Waals surface area contributed by atoms with Gasteiger partial charge in [0.2, 0.25) is 5.91 Å². The minimum absolute atomic E-state index is 0.0388. The molecule has 0 aromatic carbocycles. The van der Waals surface area contributed by atoms with Crippen molar-refractivity contribution in [3.8, 4) is 0 Å². The van der Waals surface area contributed by atoms with E-state index in [2.05, 4.69) is 5.48 Å². The molecule has 3 nitrogen and oxygen atoms in total. The maximum Gasteiger partial charge on any atom is 0.246 e. The Balaban J connectivity index is 2.03. The lowest BCUT2D eigenvalue weighted by Crippen LogP contribution is -2.33. The zero-order chi connectivity index (χ0) is 7.73. The molecule has 4 heteroatoms. The Kier molecular flexibility index (Phi) is 1.81. The van der Waals surface area contributed by atoms with Gasteiger partial charge in [-0.15, -0.1) is 0 Å². The van der Waals surface area contributed by atoms with Crippen molar-refractivity contribution in [1.82, 2.24) is 5.48 Å². The number of carbonyl (C=O) groups is 1. The molecule has 0 aromatic heterocycles. The van der Waals surface area contributed by atoms with Crippen molar-refractivity contribution in [1.29, 1.82) is 0 Å². The van der Waals surface area contributed by atoms with Gasteiger partial charge in [-0.1, -0.05) is 0 Å². The third-order valence-corrected chi connectivity index (χ3v) is 3.25. The molecule has 1 spiro atoms. The lowest BCUT2D eigenvalue weighted by atomic mass is 9.93. The maximum atomic E-state index is 10.9. The van der Waals surface area contributed by atoms with E-state index in [0.717, 1.165) is 24.3 Å². The van der Waals surface area contributed by atoms with Crippen LogP contribution in [0.2, 0.25) is 0 Å². The highest BCUT2D eigenvalue weighted by Crippen LogP contribution is 2.35. The quantitative estimate of drug-likeness (QED) is 0.586. The second-order valence-electron chi connectivity index (χ2n) is 3.10. The van der Waals surface area contributed by atoms with Crippen LogP contribution in [0.15, 0.2) is 0 Å². The van der Waals surface area contributed by atoms with Gasteiger partial charge in [0, 0.05) is 0 Å². The van der Waals surface area contributed by atoms with Gasteiger partial charge in [-0.05, 0) is 24.3 Å². The fourth-order valence-electron chi connectivity index (χ4n) is 1.55. The molecule has 11 heavy (non-hydrogen) atoms. The number of nitrogens with one attached hydrogen (secondary N) is 1. The Hall–Kier alpha value is -0.220. The van der Waals surface area contributed by atoms with Crippen LogP contribution in [-0.4, -0.2) is 23.0 Å². The van der Waals surface area contributed by atoms with Crippen molar-refractivity contribution >= 4 is 17.7 Å².